The van der Waals surface area contributed by atoms with Crippen molar-refractivity contribution in [3.63, 3.8) is 0 Å². The summed E-state index contributed by atoms with van der Waals surface area (Å²) in [6.45, 7) is 2.38. The summed E-state index contributed by atoms with van der Waals surface area (Å²) in [6, 6.07) is 0. The summed E-state index contributed by atoms with van der Waals surface area (Å²) in [6.07, 6.45) is 4.11. The van der Waals surface area contributed by atoms with Crippen molar-refractivity contribution in [1.82, 2.24) is 0 Å². The van der Waals surface area contributed by atoms with Gasteiger partial charge < -0.3 is 4.74 Å². The lowest BCUT2D eigenvalue weighted by atomic mass is 10.3. The molecular formula is C7H11NO. The Morgan fingerprint density at radius 3 is 3.44 bits per heavy atom. The number of hydrogen-bond donors (Lipinski definition) is 0. The van der Waals surface area contributed by atoms with Gasteiger partial charge in [0.2, 0.25) is 0 Å². The average molecular weight is 125 g/mol. The number of hydrogen-bond acceptors (Lipinski definition) is 2. The highest BCUT2D eigenvalue weighted by Crippen LogP contribution is 1.91. The van der Waals surface area contributed by atoms with Crippen LogP contribution in [-0.4, -0.2) is 25.6 Å². The molecule has 2 nitrogen and oxygen atoms in total. The van der Waals surface area contributed by atoms with Gasteiger partial charge in [-0.05, 0) is 24.8 Å². The minimum absolute atomic E-state index is 0.751. The average Bonchev–Trinajstić information content (AvgIpc) is 2.00. The Balaban J connectivity index is 2.29. The molecule has 0 unspecified atom stereocenters. The summed E-state index contributed by atoms with van der Waals surface area (Å²) in [7, 11) is 0. The zero-order chi connectivity index (χ0) is 6.36. The normalized spacial score (nSPS) is 20.4. The minimum atomic E-state index is 0.751. The molecule has 0 aromatic carbocycles. The molecule has 9 heavy (non-hydrogen) atoms. The second-order valence-electron chi connectivity index (χ2n) is 1.97. The van der Waals surface area contributed by atoms with Crippen LogP contribution in [0.2, 0.25) is 0 Å². The van der Waals surface area contributed by atoms with E-state index >= 15 is 0 Å². The van der Waals surface area contributed by atoms with E-state index in [4.69, 9.17) is 4.74 Å². The molecule has 0 N–H and O–H groups in total. The van der Waals surface area contributed by atoms with Gasteiger partial charge in [0.15, 0.2) is 0 Å². The summed E-state index contributed by atoms with van der Waals surface area (Å²) in [5.74, 6) is 2.85. The van der Waals surface area contributed by atoms with Crippen LogP contribution in [0.4, 0.5) is 0 Å². The molecule has 0 amide bonds. The minimum Gasteiger partial charge on any atom is -0.379 e. The van der Waals surface area contributed by atoms with Crippen molar-refractivity contribution in [2.75, 3.05) is 19.8 Å². The Morgan fingerprint density at radius 1 is 1.44 bits per heavy atom. The standard InChI is InChI=1S/C7H11NO/c1-2-4-8-5-7-9-6-3-1/h2H,1,3,5-7H2. The van der Waals surface area contributed by atoms with Crippen LogP contribution in [0.3, 0.4) is 0 Å². The van der Waals surface area contributed by atoms with E-state index in [-0.39, 0.29) is 0 Å². The highest BCUT2D eigenvalue weighted by Gasteiger charge is 1.87. The third kappa shape index (κ3) is 3.07. The summed E-state index contributed by atoms with van der Waals surface area (Å²) in [5.41, 5.74) is 0. The Morgan fingerprint density at radius 2 is 2.44 bits per heavy atom. The molecule has 0 saturated heterocycles. The van der Waals surface area contributed by atoms with Gasteiger partial charge in [0.1, 0.15) is 0 Å². The molecule has 1 rings (SSSR count). The van der Waals surface area contributed by atoms with E-state index in [2.05, 4.69) is 10.9 Å². The molecule has 0 fully saturated rings. The molecule has 0 aromatic heterocycles. The second kappa shape index (κ2) is 4.30. The largest absolute Gasteiger partial charge is 0.379 e. The van der Waals surface area contributed by atoms with Crippen molar-refractivity contribution in [3.05, 3.63) is 6.08 Å². The van der Waals surface area contributed by atoms with E-state index in [1.54, 1.807) is 0 Å². The fourth-order valence-corrected chi connectivity index (χ4v) is 0.693. The summed E-state index contributed by atoms with van der Waals surface area (Å²) in [5, 5.41) is 0. The van der Waals surface area contributed by atoms with E-state index in [9.17, 15) is 0 Å². The van der Waals surface area contributed by atoms with Gasteiger partial charge in [0, 0.05) is 6.61 Å². The Hall–Kier alpha value is -0.590. The van der Waals surface area contributed by atoms with Gasteiger partial charge in [-0.1, -0.05) is 0 Å². The van der Waals surface area contributed by atoms with Crippen molar-refractivity contribution >= 4 is 5.87 Å². The first-order valence-corrected chi connectivity index (χ1v) is 3.31. The van der Waals surface area contributed by atoms with Gasteiger partial charge in [-0.15, -0.1) is 0 Å². The first-order valence-electron chi connectivity index (χ1n) is 3.31. The third-order valence-electron chi connectivity index (χ3n) is 1.17. The molecule has 0 aliphatic carbocycles. The van der Waals surface area contributed by atoms with Crippen LogP contribution in [0.15, 0.2) is 11.1 Å². The van der Waals surface area contributed by atoms with E-state index in [0.717, 1.165) is 32.6 Å². The highest BCUT2D eigenvalue weighted by atomic mass is 16.5. The van der Waals surface area contributed by atoms with Crippen molar-refractivity contribution < 1.29 is 4.74 Å². The molecule has 0 atom stereocenters. The fraction of sp³-hybridized carbons (Fsp3) is 0.714. The van der Waals surface area contributed by atoms with Crippen LogP contribution in [0, 0.1) is 0 Å². The van der Waals surface area contributed by atoms with Crippen molar-refractivity contribution in [3.8, 4) is 0 Å². The van der Waals surface area contributed by atoms with Crippen molar-refractivity contribution in [1.29, 1.82) is 0 Å². The molecule has 50 valence electrons. The van der Waals surface area contributed by atoms with Crippen LogP contribution in [0.25, 0.3) is 0 Å². The maximum Gasteiger partial charge on any atom is 0.0718 e. The van der Waals surface area contributed by atoms with Gasteiger partial charge in [0.05, 0.1) is 13.2 Å². The van der Waals surface area contributed by atoms with E-state index in [1.807, 2.05) is 6.08 Å². The topological polar surface area (TPSA) is 21.6 Å². The van der Waals surface area contributed by atoms with Crippen molar-refractivity contribution in [2.45, 2.75) is 12.8 Å². The van der Waals surface area contributed by atoms with Crippen LogP contribution >= 0.6 is 0 Å². The molecular weight excluding hydrogens is 114 g/mol. The number of rotatable bonds is 0. The summed E-state index contributed by atoms with van der Waals surface area (Å²) in [4.78, 5) is 3.96. The first-order chi connectivity index (χ1) is 4.50. The predicted molar refractivity (Wildman–Crippen MR) is 36.9 cm³/mol. The Labute approximate surface area is 55.2 Å². The predicted octanol–water partition coefficient (Wildman–Crippen LogP) is 1.02. The van der Waals surface area contributed by atoms with Gasteiger partial charge in [0.25, 0.3) is 0 Å². The van der Waals surface area contributed by atoms with Crippen LogP contribution in [-0.2, 0) is 4.74 Å². The molecule has 0 bridgehead atoms. The third-order valence-corrected chi connectivity index (χ3v) is 1.17. The smallest absolute Gasteiger partial charge is 0.0718 e. The number of aliphatic imine (C=N–C) groups is 1. The van der Waals surface area contributed by atoms with Gasteiger partial charge in [-0.2, -0.15) is 0 Å². The maximum atomic E-state index is 5.20. The highest BCUT2D eigenvalue weighted by molar-refractivity contribution is 5.51. The maximum absolute atomic E-state index is 5.20. The van der Waals surface area contributed by atoms with Crippen LogP contribution < -0.4 is 0 Å². The van der Waals surface area contributed by atoms with E-state index in [1.165, 1.54) is 0 Å². The van der Waals surface area contributed by atoms with Crippen LogP contribution in [0.5, 0.6) is 0 Å². The molecule has 0 aromatic rings. The molecule has 0 saturated carbocycles. The quantitative estimate of drug-likeness (QED) is 0.473. The molecule has 1 heterocycles. The molecule has 1 aliphatic heterocycles. The monoisotopic (exact) mass is 125 g/mol. The van der Waals surface area contributed by atoms with Gasteiger partial charge in [-0.3, -0.25) is 0 Å². The van der Waals surface area contributed by atoms with Gasteiger partial charge in [-0.25, -0.2) is 4.99 Å². The number of ether oxygens (including phenoxy) is 1. The van der Waals surface area contributed by atoms with E-state index < -0.39 is 0 Å². The lowest BCUT2D eigenvalue weighted by Crippen LogP contribution is -1.98. The molecule has 0 spiro atoms. The zero-order valence-corrected chi connectivity index (χ0v) is 5.47. The van der Waals surface area contributed by atoms with Crippen molar-refractivity contribution in [2.24, 2.45) is 4.99 Å². The fourth-order valence-electron chi connectivity index (χ4n) is 0.693. The van der Waals surface area contributed by atoms with Gasteiger partial charge >= 0.3 is 0 Å². The first kappa shape index (κ1) is 6.53. The SMILES string of the molecule is C1=CCCCOCCN=1. The molecule has 1 aliphatic rings. The summed E-state index contributed by atoms with van der Waals surface area (Å²) < 4.78 is 5.20. The number of allylic oxidation sites excluding steroid dienone is 1. The number of nitrogens with zero attached hydrogens (tertiary/aromatic N) is 1. The molecule has 0 radical (unpaired) electrons. The summed E-state index contributed by atoms with van der Waals surface area (Å²) >= 11 is 0. The van der Waals surface area contributed by atoms with E-state index in [0.29, 0.717) is 0 Å². The van der Waals surface area contributed by atoms with Crippen LogP contribution in [0.1, 0.15) is 12.8 Å². The lowest BCUT2D eigenvalue weighted by molar-refractivity contribution is 0.140. The zero-order valence-electron chi connectivity index (χ0n) is 5.47. The molecule has 2 heteroatoms. The lowest BCUT2D eigenvalue weighted by Gasteiger charge is -1.96. The Bertz CT molecular complexity index is 113. The second-order valence-corrected chi connectivity index (χ2v) is 1.97. The Kier molecular flexibility index (Phi) is 3.12.